The molecule has 1 aromatic rings. The average Bonchev–Trinajstić information content (AvgIpc) is 2.34. The monoisotopic (exact) mass is 258 g/mol. The van der Waals surface area contributed by atoms with Gasteiger partial charge in [-0.1, -0.05) is 6.07 Å². The molecule has 5 nitrogen and oxygen atoms in total. The number of alkyl halides is 1. The number of hydrogen-bond donors (Lipinski definition) is 2. The second-order valence-electron chi connectivity index (χ2n) is 3.29. The van der Waals surface area contributed by atoms with Gasteiger partial charge in [0.1, 0.15) is 17.3 Å². The van der Waals surface area contributed by atoms with Crippen LogP contribution in [0.5, 0.6) is 5.75 Å². The zero-order valence-electron chi connectivity index (χ0n) is 9.68. The summed E-state index contributed by atoms with van der Waals surface area (Å²) >= 11 is 5.52. The molecule has 94 valence electrons. The number of phenols is 1. The third kappa shape index (κ3) is 3.59. The summed E-state index contributed by atoms with van der Waals surface area (Å²) in [6.45, 7) is 0. The van der Waals surface area contributed by atoms with Crippen molar-refractivity contribution in [2.75, 3.05) is 20.1 Å². The molecule has 0 aliphatic rings. The van der Waals surface area contributed by atoms with Crippen molar-refractivity contribution in [2.24, 2.45) is 10.7 Å². The van der Waals surface area contributed by atoms with E-state index in [4.69, 9.17) is 26.8 Å². The first kappa shape index (κ1) is 13.8. The molecule has 0 saturated carbocycles. The van der Waals surface area contributed by atoms with Crippen LogP contribution in [0, 0.1) is 0 Å². The van der Waals surface area contributed by atoms with E-state index in [1.807, 2.05) is 0 Å². The van der Waals surface area contributed by atoms with E-state index in [0.29, 0.717) is 5.69 Å². The Bertz CT molecular complexity index is 406. The van der Waals surface area contributed by atoms with E-state index in [0.717, 1.165) is 5.56 Å². The average molecular weight is 259 g/mol. The van der Waals surface area contributed by atoms with Crippen LogP contribution in [0.4, 0.5) is 5.69 Å². The van der Waals surface area contributed by atoms with Crippen molar-refractivity contribution in [3.63, 3.8) is 0 Å². The number of rotatable bonds is 5. The van der Waals surface area contributed by atoms with Gasteiger partial charge in [-0.15, -0.1) is 11.6 Å². The minimum atomic E-state index is -0.512. The second kappa shape index (κ2) is 6.44. The zero-order chi connectivity index (χ0) is 12.8. The van der Waals surface area contributed by atoms with E-state index in [-0.39, 0.29) is 17.5 Å². The van der Waals surface area contributed by atoms with E-state index in [2.05, 4.69) is 4.99 Å². The Hall–Kier alpha value is -1.30. The molecule has 0 spiro atoms. The summed E-state index contributed by atoms with van der Waals surface area (Å²) in [6, 6.07) is 4.82. The van der Waals surface area contributed by atoms with Gasteiger partial charge in [0.2, 0.25) is 0 Å². The molecule has 6 heteroatoms. The van der Waals surface area contributed by atoms with Crippen LogP contribution in [0.15, 0.2) is 23.2 Å². The molecule has 0 aliphatic heterocycles. The van der Waals surface area contributed by atoms with Crippen LogP contribution in [0.2, 0.25) is 0 Å². The maximum atomic E-state index is 9.62. The summed E-state index contributed by atoms with van der Waals surface area (Å²) in [5.74, 6) is 0.347. The summed E-state index contributed by atoms with van der Waals surface area (Å²) in [5, 5.41) is 9.62. The minimum absolute atomic E-state index is 0.0211. The number of ether oxygens (including phenoxy) is 2. The van der Waals surface area contributed by atoms with Crippen LogP contribution in [-0.2, 0) is 9.47 Å². The van der Waals surface area contributed by atoms with Crippen LogP contribution in [0.3, 0.4) is 0 Å². The van der Waals surface area contributed by atoms with Crippen LogP contribution in [0.1, 0.15) is 11.9 Å². The van der Waals surface area contributed by atoms with Gasteiger partial charge < -0.3 is 20.3 Å². The molecule has 17 heavy (non-hydrogen) atoms. The van der Waals surface area contributed by atoms with Gasteiger partial charge in [0.05, 0.1) is 5.88 Å². The lowest BCUT2D eigenvalue weighted by Crippen LogP contribution is -2.12. The maximum Gasteiger partial charge on any atom is 0.183 e. The van der Waals surface area contributed by atoms with E-state index < -0.39 is 6.29 Å². The fraction of sp³-hybridized carbons (Fsp3) is 0.364. The van der Waals surface area contributed by atoms with Crippen molar-refractivity contribution in [3.05, 3.63) is 23.8 Å². The predicted molar refractivity (Wildman–Crippen MR) is 66.9 cm³/mol. The van der Waals surface area contributed by atoms with Gasteiger partial charge in [0, 0.05) is 19.8 Å². The van der Waals surface area contributed by atoms with Gasteiger partial charge in [0.25, 0.3) is 0 Å². The highest BCUT2D eigenvalue weighted by molar-refractivity contribution is 6.28. The molecular formula is C11H15ClN2O3. The van der Waals surface area contributed by atoms with Gasteiger partial charge >= 0.3 is 0 Å². The molecular weight excluding hydrogens is 244 g/mol. The fourth-order valence-electron chi connectivity index (χ4n) is 1.33. The smallest absolute Gasteiger partial charge is 0.183 e. The Labute approximate surface area is 105 Å². The van der Waals surface area contributed by atoms with Crippen molar-refractivity contribution in [1.29, 1.82) is 0 Å². The Balaban J connectivity index is 3.10. The first-order valence-electron chi connectivity index (χ1n) is 4.89. The van der Waals surface area contributed by atoms with E-state index >= 15 is 0 Å². The van der Waals surface area contributed by atoms with Gasteiger partial charge in [-0.3, -0.25) is 0 Å². The number of phenolic OH excluding ortho intramolecular Hbond substituents is 1. The molecule has 0 aromatic heterocycles. The molecule has 3 N–H and O–H groups in total. The number of amidine groups is 1. The van der Waals surface area contributed by atoms with E-state index in [9.17, 15) is 5.11 Å². The van der Waals surface area contributed by atoms with Crippen molar-refractivity contribution >= 4 is 23.1 Å². The summed E-state index contributed by atoms with van der Waals surface area (Å²) < 4.78 is 10.2. The third-order valence-electron chi connectivity index (χ3n) is 2.10. The first-order valence-corrected chi connectivity index (χ1v) is 5.43. The van der Waals surface area contributed by atoms with Gasteiger partial charge in [-0.25, -0.2) is 4.99 Å². The van der Waals surface area contributed by atoms with Gasteiger partial charge in [0.15, 0.2) is 6.29 Å². The lowest BCUT2D eigenvalue weighted by Gasteiger charge is -2.14. The normalized spacial score (nSPS) is 12.1. The fourth-order valence-corrected chi connectivity index (χ4v) is 1.39. The summed E-state index contributed by atoms with van der Waals surface area (Å²) in [7, 11) is 3.05. The Morgan fingerprint density at radius 2 is 2.12 bits per heavy atom. The number of halogens is 1. The van der Waals surface area contributed by atoms with E-state index in [1.54, 1.807) is 12.1 Å². The molecule has 0 heterocycles. The van der Waals surface area contributed by atoms with E-state index in [1.165, 1.54) is 20.3 Å². The number of nitrogens with two attached hydrogens (primary N) is 1. The SMILES string of the molecule is COC(OC)c1ccc(O)c(N=C(N)CCl)c1. The quantitative estimate of drug-likeness (QED) is 0.366. The number of hydrogen-bond acceptors (Lipinski definition) is 4. The molecule has 0 bridgehead atoms. The Kier molecular flexibility index (Phi) is 5.21. The summed E-state index contributed by atoms with van der Waals surface area (Å²) in [4.78, 5) is 3.99. The van der Waals surface area contributed by atoms with Crippen LogP contribution < -0.4 is 5.73 Å². The number of aromatic hydroxyl groups is 1. The van der Waals surface area contributed by atoms with Crippen molar-refractivity contribution < 1.29 is 14.6 Å². The van der Waals surface area contributed by atoms with Gasteiger partial charge in [-0.2, -0.15) is 0 Å². The van der Waals surface area contributed by atoms with Crippen molar-refractivity contribution in [2.45, 2.75) is 6.29 Å². The number of methoxy groups -OCH3 is 2. The lowest BCUT2D eigenvalue weighted by molar-refractivity contribution is -0.106. The van der Waals surface area contributed by atoms with Crippen LogP contribution in [-0.4, -0.2) is 31.0 Å². The minimum Gasteiger partial charge on any atom is -0.506 e. The topological polar surface area (TPSA) is 77.1 Å². The third-order valence-corrected chi connectivity index (χ3v) is 2.37. The van der Waals surface area contributed by atoms with Gasteiger partial charge in [-0.05, 0) is 12.1 Å². The highest BCUT2D eigenvalue weighted by atomic mass is 35.5. The molecule has 0 amide bonds. The highest BCUT2D eigenvalue weighted by Gasteiger charge is 2.11. The predicted octanol–water partition coefficient (Wildman–Crippen LogP) is 1.91. The molecule has 0 radical (unpaired) electrons. The van der Waals surface area contributed by atoms with Crippen molar-refractivity contribution in [1.82, 2.24) is 0 Å². The molecule has 0 unspecified atom stereocenters. The number of nitrogens with zero attached hydrogens (tertiary/aromatic N) is 1. The first-order chi connectivity index (χ1) is 8.12. The second-order valence-corrected chi connectivity index (χ2v) is 3.56. The summed E-state index contributed by atoms with van der Waals surface area (Å²) in [5.41, 5.74) is 6.57. The zero-order valence-corrected chi connectivity index (χ0v) is 10.4. The molecule has 0 fully saturated rings. The Morgan fingerprint density at radius 1 is 1.47 bits per heavy atom. The van der Waals surface area contributed by atoms with Crippen LogP contribution in [0.25, 0.3) is 0 Å². The molecule has 0 saturated heterocycles. The number of benzene rings is 1. The summed E-state index contributed by atoms with van der Waals surface area (Å²) in [6.07, 6.45) is -0.512. The maximum absolute atomic E-state index is 9.62. The molecule has 1 rings (SSSR count). The molecule has 0 aliphatic carbocycles. The van der Waals surface area contributed by atoms with Crippen molar-refractivity contribution in [3.8, 4) is 5.75 Å². The molecule has 0 atom stereocenters. The number of aliphatic imine (C=N–C) groups is 1. The standard InChI is InChI=1S/C11H15ClN2O3/c1-16-11(17-2)7-3-4-9(15)8(5-7)14-10(13)6-12/h3-5,11,15H,6H2,1-2H3,(H2,13,14). The molecule has 1 aromatic carbocycles. The highest BCUT2D eigenvalue weighted by Crippen LogP contribution is 2.30. The van der Waals surface area contributed by atoms with Crippen LogP contribution >= 0.6 is 11.6 Å². The largest absolute Gasteiger partial charge is 0.506 e. The lowest BCUT2D eigenvalue weighted by atomic mass is 10.2. The Morgan fingerprint density at radius 3 is 2.65 bits per heavy atom.